The Labute approximate surface area is 137 Å². The Bertz CT molecular complexity index is 675. The van der Waals surface area contributed by atoms with Crippen LogP contribution in [0.3, 0.4) is 0 Å². The largest absolute Gasteiger partial charge is 0.353 e. The van der Waals surface area contributed by atoms with E-state index in [0.717, 1.165) is 49.8 Å². The SMILES string of the molecule is C=C(C)c1ncc(CN2CCN(c3cnccn3)CC2)cc1C. The van der Waals surface area contributed by atoms with E-state index in [0.29, 0.717) is 0 Å². The van der Waals surface area contributed by atoms with Gasteiger partial charge in [-0.15, -0.1) is 0 Å². The van der Waals surface area contributed by atoms with Crippen LogP contribution in [0.25, 0.3) is 5.57 Å². The zero-order chi connectivity index (χ0) is 16.2. The van der Waals surface area contributed by atoms with Gasteiger partial charge in [0.2, 0.25) is 0 Å². The van der Waals surface area contributed by atoms with Crippen LogP contribution >= 0.6 is 0 Å². The van der Waals surface area contributed by atoms with Gasteiger partial charge in [-0.25, -0.2) is 4.98 Å². The van der Waals surface area contributed by atoms with Gasteiger partial charge in [-0.1, -0.05) is 12.6 Å². The number of allylic oxidation sites excluding steroid dienone is 1. The van der Waals surface area contributed by atoms with Crippen LogP contribution in [0.4, 0.5) is 5.82 Å². The molecule has 5 heteroatoms. The number of anilines is 1. The molecule has 5 nitrogen and oxygen atoms in total. The molecule has 0 amide bonds. The minimum Gasteiger partial charge on any atom is -0.353 e. The Morgan fingerprint density at radius 3 is 2.52 bits per heavy atom. The maximum absolute atomic E-state index is 4.55. The predicted molar refractivity (Wildman–Crippen MR) is 93.2 cm³/mol. The fraction of sp³-hybridized carbons (Fsp3) is 0.389. The summed E-state index contributed by atoms with van der Waals surface area (Å²) in [5, 5.41) is 0. The van der Waals surface area contributed by atoms with Gasteiger partial charge >= 0.3 is 0 Å². The number of hydrogen-bond acceptors (Lipinski definition) is 5. The lowest BCUT2D eigenvalue weighted by molar-refractivity contribution is 0.249. The van der Waals surface area contributed by atoms with Crippen molar-refractivity contribution in [2.45, 2.75) is 20.4 Å². The van der Waals surface area contributed by atoms with E-state index in [4.69, 9.17) is 0 Å². The molecule has 1 fully saturated rings. The molecule has 0 aromatic carbocycles. The Kier molecular flexibility index (Phi) is 4.67. The van der Waals surface area contributed by atoms with Crippen LogP contribution in [-0.2, 0) is 6.54 Å². The summed E-state index contributed by atoms with van der Waals surface area (Å²) in [6.45, 7) is 13.0. The van der Waals surface area contributed by atoms with Crippen molar-refractivity contribution in [3.63, 3.8) is 0 Å². The normalized spacial score (nSPS) is 15.7. The van der Waals surface area contributed by atoms with E-state index in [1.807, 2.05) is 19.3 Å². The number of piperazine rings is 1. The average molecular weight is 309 g/mol. The summed E-state index contributed by atoms with van der Waals surface area (Å²) in [5.41, 5.74) is 4.50. The number of hydrogen-bond donors (Lipinski definition) is 0. The van der Waals surface area contributed by atoms with E-state index >= 15 is 0 Å². The molecule has 3 rings (SSSR count). The van der Waals surface area contributed by atoms with Gasteiger partial charge < -0.3 is 4.90 Å². The van der Waals surface area contributed by atoms with Crippen molar-refractivity contribution in [3.8, 4) is 0 Å². The van der Waals surface area contributed by atoms with Crippen LogP contribution in [0.15, 0.2) is 37.4 Å². The highest BCUT2D eigenvalue weighted by Crippen LogP contribution is 2.17. The lowest BCUT2D eigenvalue weighted by Gasteiger charge is -2.35. The van der Waals surface area contributed by atoms with Crippen molar-refractivity contribution >= 4 is 11.4 Å². The first kappa shape index (κ1) is 15.6. The van der Waals surface area contributed by atoms with Crippen LogP contribution in [-0.4, -0.2) is 46.0 Å². The number of aromatic nitrogens is 3. The fourth-order valence-electron chi connectivity index (χ4n) is 3.01. The lowest BCUT2D eigenvalue weighted by atomic mass is 10.1. The molecular weight excluding hydrogens is 286 g/mol. The van der Waals surface area contributed by atoms with E-state index in [2.05, 4.69) is 44.3 Å². The van der Waals surface area contributed by atoms with Crippen LogP contribution < -0.4 is 4.90 Å². The minimum absolute atomic E-state index is 0.943. The van der Waals surface area contributed by atoms with Gasteiger partial charge in [0.25, 0.3) is 0 Å². The topological polar surface area (TPSA) is 45.2 Å². The molecule has 1 aliphatic rings. The molecule has 0 saturated carbocycles. The molecule has 1 saturated heterocycles. The Hall–Kier alpha value is -2.27. The highest BCUT2D eigenvalue weighted by molar-refractivity contribution is 5.60. The molecule has 2 aromatic rings. The van der Waals surface area contributed by atoms with E-state index in [1.165, 1.54) is 11.1 Å². The summed E-state index contributed by atoms with van der Waals surface area (Å²) in [5.74, 6) is 0.968. The van der Waals surface area contributed by atoms with Gasteiger partial charge in [-0.05, 0) is 30.5 Å². The fourth-order valence-corrected chi connectivity index (χ4v) is 3.01. The summed E-state index contributed by atoms with van der Waals surface area (Å²) < 4.78 is 0. The summed E-state index contributed by atoms with van der Waals surface area (Å²) in [7, 11) is 0. The standard InChI is InChI=1S/C18H23N5/c1-14(2)18-15(3)10-16(11-21-18)13-22-6-8-23(9-7-22)17-12-19-4-5-20-17/h4-5,10-12H,1,6-9,13H2,2-3H3. The smallest absolute Gasteiger partial charge is 0.147 e. The highest BCUT2D eigenvalue weighted by atomic mass is 15.3. The Morgan fingerprint density at radius 1 is 1.13 bits per heavy atom. The van der Waals surface area contributed by atoms with Crippen LogP contribution in [0.5, 0.6) is 0 Å². The van der Waals surface area contributed by atoms with Gasteiger partial charge in [-0.3, -0.25) is 14.9 Å². The van der Waals surface area contributed by atoms with E-state index < -0.39 is 0 Å². The summed E-state index contributed by atoms with van der Waals surface area (Å²) >= 11 is 0. The summed E-state index contributed by atoms with van der Waals surface area (Å²) in [6.07, 6.45) is 7.27. The number of pyridine rings is 1. The van der Waals surface area contributed by atoms with E-state index in [1.54, 1.807) is 12.4 Å². The van der Waals surface area contributed by atoms with Gasteiger partial charge in [0, 0.05) is 51.3 Å². The molecule has 3 heterocycles. The average Bonchev–Trinajstić information content (AvgIpc) is 2.56. The molecule has 1 aliphatic heterocycles. The quantitative estimate of drug-likeness (QED) is 0.868. The lowest BCUT2D eigenvalue weighted by Crippen LogP contribution is -2.46. The second kappa shape index (κ2) is 6.87. The van der Waals surface area contributed by atoms with Crippen molar-refractivity contribution in [1.82, 2.24) is 19.9 Å². The molecule has 2 aromatic heterocycles. The minimum atomic E-state index is 0.943. The second-order valence-corrected chi connectivity index (χ2v) is 6.12. The van der Waals surface area contributed by atoms with Crippen molar-refractivity contribution in [2.24, 2.45) is 0 Å². The molecular formula is C18H23N5. The number of aryl methyl sites for hydroxylation is 1. The first-order chi connectivity index (χ1) is 11.1. The molecule has 0 bridgehead atoms. The summed E-state index contributed by atoms with van der Waals surface area (Å²) in [4.78, 5) is 17.8. The highest BCUT2D eigenvalue weighted by Gasteiger charge is 2.18. The van der Waals surface area contributed by atoms with Gasteiger partial charge in [0.15, 0.2) is 0 Å². The molecule has 0 unspecified atom stereocenters. The third kappa shape index (κ3) is 3.74. The van der Waals surface area contributed by atoms with Crippen molar-refractivity contribution in [2.75, 3.05) is 31.1 Å². The number of rotatable bonds is 4. The third-order valence-corrected chi connectivity index (χ3v) is 4.19. The molecule has 0 radical (unpaired) electrons. The first-order valence-electron chi connectivity index (χ1n) is 7.98. The van der Waals surface area contributed by atoms with Crippen LogP contribution in [0, 0.1) is 6.92 Å². The maximum Gasteiger partial charge on any atom is 0.147 e. The van der Waals surface area contributed by atoms with Crippen LogP contribution in [0.2, 0.25) is 0 Å². The number of nitrogens with zero attached hydrogens (tertiary/aromatic N) is 5. The zero-order valence-electron chi connectivity index (χ0n) is 13.9. The van der Waals surface area contributed by atoms with Crippen molar-refractivity contribution in [3.05, 3.63) is 54.3 Å². The van der Waals surface area contributed by atoms with Gasteiger partial charge in [0.05, 0.1) is 11.9 Å². The third-order valence-electron chi connectivity index (χ3n) is 4.19. The second-order valence-electron chi connectivity index (χ2n) is 6.12. The molecule has 0 atom stereocenters. The van der Waals surface area contributed by atoms with Crippen molar-refractivity contribution < 1.29 is 0 Å². The maximum atomic E-state index is 4.55. The van der Waals surface area contributed by atoms with Crippen LogP contribution in [0.1, 0.15) is 23.7 Å². The van der Waals surface area contributed by atoms with E-state index in [-0.39, 0.29) is 0 Å². The summed E-state index contributed by atoms with van der Waals surface area (Å²) in [6, 6.07) is 2.23. The monoisotopic (exact) mass is 309 g/mol. The van der Waals surface area contributed by atoms with E-state index in [9.17, 15) is 0 Å². The van der Waals surface area contributed by atoms with Gasteiger partial charge in [-0.2, -0.15) is 0 Å². The Morgan fingerprint density at radius 2 is 1.91 bits per heavy atom. The molecule has 0 N–H and O–H groups in total. The molecule has 0 spiro atoms. The van der Waals surface area contributed by atoms with Gasteiger partial charge in [0.1, 0.15) is 5.82 Å². The first-order valence-corrected chi connectivity index (χ1v) is 7.98. The van der Waals surface area contributed by atoms with Crippen molar-refractivity contribution in [1.29, 1.82) is 0 Å². The Balaban J connectivity index is 1.59. The zero-order valence-corrected chi connectivity index (χ0v) is 13.9. The molecule has 120 valence electrons. The molecule has 23 heavy (non-hydrogen) atoms. The molecule has 0 aliphatic carbocycles. The predicted octanol–water partition coefficient (Wildman–Crippen LogP) is 2.54.